The number of fused-ring (bicyclic) bond motifs is 1. The molecular formula is C20H18N4O5. The summed E-state index contributed by atoms with van der Waals surface area (Å²) in [5.41, 5.74) is 1.75. The molecule has 29 heavy (non-hydrogen) atoms. The number of para-hydroxylation sites is 1. The fourth-order valence-corrected chi connectivity index (χ4v) is 3.07. The molecule has 0 unspecified atom stereocenters. The summed E-state index contributed by atoms with van der Waals surface area (Å²) in [6, 6.07) is 9.97. The third kappa shape index (κ3) is 4.18. The van der Waals surface area contributed by atoms with Gasteiger partial charge in [0.25, 0.3) is 0 Å². The molecule has 9 heteroatoms. The van der Waals surface area contributed by atoms with Crippen LogP contribution in [0.15, 0.2) is 57.8 Å². The highest BCUT2D eigenvalue weighted by Crippen LogP contribution is 2.19. The molecule has 0 bridgehead atoms. The Hall–Kier alpha value is -3.88. The number of furan rings is 1. The Labute approximate surface area is 164 Å². The first kappa shape index (κ1) is 18.5. The summed E-state index contributed by atoms with van der Waals surface area (Å²) >= 11 is 0. The number of carbonyl (C=O) groups is 2. The van der Waals surface area contributed by atoms with Crippen LogP contribution in [0.1, 0.15) is 17.9 Å². The van der Waals surface area contributed by atoms with E-state index in [0.29, 0.717) is 11.6 Å². The molecule has 148 valence electrons. The monoisotopic (exact) mass is 394 g/mol. The van der Waals surface area contributed by atoms with Gasteiger partial charge in [0.15, 0.2) is 5.76 Å². The minimum atomic E-state index is -1.10. The standard InChI is InChI=1S/C20H18N4O5/c25-17(7-8-18-23-19(24-29-18)16-6-3-9-28-16)22-15(20(26)27)10-12-11-21-14-5-2-1-4-13(12)14/h1-6,9,11,15,21H,7-8,10H2,(H,22,25)(H,26,27)/t15-/m1/s1. The molecule has 4 aromatic rings. The van der Waals surface area contributed by atoms with Crippen LogP contribution in [0.4, 0.5) is 0 Å². The van der Waals surface area contributed by atoms with E-state index >= 15 is 0 Å². The van der Waals surface area contributed by atoms with Crippen molar-refractivity contribution < 1.29 is 23.6 Å². The molecule has 0 fully saturated rings. The van der Waals surface area contributed by atoms with E-state index in [-0.39, 0.29) is 25.2 Å². The number of carboxylic acids is 1. The van der Waals surface area contributed by atoms with E-state index in [1.165, 1.54) is 6.26 Å². The van der Waals surface area contributed by atoms with Gasteiger partial charge < -0.3 is 24.3 Å². The fraction of sp³-hybridized carbons (Fsp3) is 0.200. The van der Waals surface area contributed by atoms with Crippen molar-refractivity contribution in [1.82, 2.24) is 20.4 Å². The number of carbonyl (C=O) groups excluding carboxylic acids is 1. The number of aliphatic carboxylic acids is 1. The number of nitrogens with zero attached hydrogens (tertiary/aromatic N) is 2. The van der Waals surface area contributed by atoms with Crippen molar-refractivity contribution >= 4 is 22.8 Å². The average Bonchev–Trinajstić information content (AvgIpc) is 3.46. The summed E-state index contributed by atoms with van der Waals surface area (Å²) < 4.78 is 10.3. The van der Waals surface area contributed by atoms with Crippen molar-refractivity contribution in [3.05, 3.63) is 60.3 Å². The van der Waals surface area contributed by atoms with Gasteiger partial charge in [0.2, 0.25) is 17.6 Å². The highest BCUT2D eigenvalue weighted by atomic mass is 16.5. The van der Waals surface area contributed by atoms with Gasteiger partial charge >= 0.3 is 5.97 Å². The maximum Gasteiger partial charge on any atom is 0.326 e. The normalized spacial score (nSPS) is 12.1. The second-order valence-corrected chi connectivity index (χ2v) is 6.51. The molecule has 1 amide bonds. The van der Waals surface area contributed by atoms with Crippen LogP contribution in [-0.2, 0) is 22.4 Å². The number of aromatic nitrogens is 3. The molecule has 4 rings (SSSR count). The smallest absolute Gasteiger partial charge is 0.326 e. The Balaban J connectivity index is 1.36. The molecule has 0 saturated carbocycles. The van der Waals surface area contributed by atoms with Crippen molar-refractivity contribution in [2.45, 2.75) is 25.3 Å². The zero-order chi connectivity index (χ0) is 20.2. The third-order valence-corrected chi connectivity index (χ3v) is 4.51. The predicted molar refractivity (Wildman–Crippen MR) is 102 cm³/mol. The number of H-pyrrole nitrogens is 1. The molecule has 0 aliphatic heterocycles. The van der Waals surface area contributed by atoms with Gasteiger partial charge in [-0.15, -0.1) is 0 Å². The van der Waals surface area contributed by atoms with E-state index in [2.05, 4.69) is 20.4 Å². The van der Waals surface area contributed by atoms with Crippen LogP contribution in [0, 0.1) is 0 Å². The van der Waals surface area contributed by atoms with Crippen LogP contribution in [-0.4, -0.2) is 38.1 Å². The average molecular weight is 394 g/mol. The van der Waals surface area contributed by atoms with Crippen molar-refractivity contribution in [2.75, 3.05) is 0 Å². The lowest BCUT2D eigenvalue weighted by atomic mass is 10.0. The van der Waals surface area contributed by atoms with Crippen molar-refractivity contribution in [1.29, 1.82) is 0 Å². The number of benzene rings is 1. The third-order valence-electron chi connectivity index (χ3n) is 4.51. The topological polar surface area (TPSA) is 134 Å². The Kier molecular flexibility index (Phi) is 5.10. The number of hydrogen-bond donors (Lipinski definition) is 3. The van der Waals surface area contributed by atoms with Gasteiger partial charge in [0, 0.05) is 36.4 Å². The highest BCUT2D eigenvalue weighted by Gasteiger charge is 2.22. The van der Waals surface area contributed by atoms with E-state index in [9.17, 15) is 14.7 Å². The van der Waals surface area contributed by atoms with Gasteiger partial charge in [-0.05, 0) is 23.8 Å². The summed E-state index contributed by atoms with van der Waals surface area (Å²) in [5, 5.41) is 16.8. The summed E-state index contributed by atoms with van der Waals surface area (Å²) in [7, 11) is 0. The van der Waals surface area contributed by atoms with Gasteiger partial charge in [0.05, 0.1) is 6.26 Å². The molecule has 0 aliphatic carbocycles. The van der Waals surface area contributed by atoms with Crippen molar-refractivity contribution in [3.63, 3.8) is 0 Å². The molecule has 1 aromatic carbocycles. The zero-order valence-electron chi connectivity index (χ0n) is 15.3. The van der Waals surface area contributed by atoms with Crippen LogP contribution >= 0.6 is 0 Å². The first-order valence-electron chi connectivity index (χ1n) is 9.04. The number of aromatic amines is 1. The first-order chi connectivity index (χ1) is 14.1. The number of rotatable bonds is 8. The van der Waals surface area contributed by atoms with Gasteiger partial charge in [0.1, 0.15) is 6.04 Å². The fourth-order valence-electron chi connectivity index (χ4n) is 3.07. The lowest BCUT2D eigenvalue weighted by Crippen LogP contribution is -2.42. The molecular weight excluding hydrogens is 376 g/mol. The van der Waals surface area contributed by atoms with Crippen LogP contribution in [0.3, 0.4) is 0 Å². The van der Waals surface area contributed by atoms with Gasteiger partial charge in [-0.2, -0.15) is 4.98 Å². The van der Waals surface area contributed by atoms with Crippen LogP contribution in [0.2, 0.25) is 0 Å². The minimum Gasteiger partial charge on any atom is -0.480 e. The molecule has 0 saturated heterocycles. The number of aryl methyl sites for hydroxylation is 1. The summed E-state index contributed by atoms with van der Waals surface area (Å²) in [5.74, 6) is -0.464. The highest BCUT2D eigenvalue weighted by molar-refractivity contribution is 5.86. The van der Waals surface area contributed by atoms with Gasteiger partial charge in [-0.3, -0.25) is 4.79 Å². The first-order valence-corrected chi connectivity index (χ1v) is 9.04. The largest absolute Gasteiger partial charge is 0.480 e. The Morgan fingerprint density at radius 1 is 1.21 bits per heavy atom. The lowest BCUT2D eigenvalue weighted by molar-refractivity contribution is -0.141. The molecule has 9 nitrogen and oxygen atoms in total. The van der Waals surface area contributed by atoms with E-state index in [4.69, 9.17) is 8.94 Å². The van der Waals surface area contributed by atoms with E-state index in [1.54, 1.807) is 18.3 Å². The van der Waals surface area contributed by atoms with E-state index in [0.717, 1.165) is 16.5 Å². The number of carboxylic acid groups (broad SMARTS) is 1. The number of hydrogen-bond acceptors (Lipinski definition) is 6. The second-order valence-electron chi connectivity index (χ2n) is 6.51. The molecule has 0 radical (unpaired) electrons. The van der Waals surface area contributed by atoms with Crippen LogP contribution < -0.4 is 5.32 Å². The van der Waals surface area contributed by atoms with Crippen molar-refractivity contribution in [2.24, 2.45) is 0 Å². The quantitative estimate of drug-likeness (QED) is 0.418. The molecule has 3 heterocycles. The zero-order valence-corrected chi connectivity index (χ0v) is 15.3. The van der Waals surface area contributed by atoms with Crippen molar-refractivity contribution in [3.8, 4) is 11.6 Å². The van der Waals surface area contributed by atoms with Crippen LogP contribution in [0.5, 0.6) is 0 Å². The van der Waals surface area contributed by atoms with Crippen LogP contribution in [0.25, 0.3) is 22.5 Å². The molecule has 3 aromatic heterocycles. The molecule has 3 N–H and O–H groups in total. The second kappa shape index (κ2) is 8.01. The Bertz CT molecular complexity index is 1130. The number of amides is 1. The Morgan fingerprint density at radius 3 is 2.86 bits per heavy atom. The maximum absolute atomic E-state index is 12.3. The molecule has 0 aliphatic rings. The number of nitrogens with one attached hydrogen (secondary N) is 2. The Morgan fingerprint density at radius 2 is 2.07 bits per heavy atom. The van der Waals surface area contributed by atoms with Gasteiger partial charge in [-0.25, -0.2) is 4.79 Å². The van der Waals surface area contributed by atoms with E-state index < -0.39 is 17.9 Å². The molecule has 0 spiro atoms. The molecule has 1 atom stereocenters. The maximum atomic E-state index is 12.3. The van der Waals surface area contributed by atoms with E-state index in [1.807, 2.05) is 24.3 Å². The van der Waals surface area contributed by atoms with Gasteiger partial charge in [-0.1, -0.05) is 23.4 Å². The predicted octanol–water partition coefficient (Wildman–Crippen LogP) is 2.56. The summed E-state index contributed by atoms with van der Waals surface area (Å²) in [6.07, 6.45) is 3.66. The summed E-state index contributed by atoms with van der Waals surface area (Å²) in [6.45, 7) is 0. The SMILES string of the molecule is O=C(CCc1nc(-c2ccco2)no1)N[C@H](Cc1c[nH]c2ccccc12)C(=O)O. The minimum absolute atomic E-state index is 0.0253. The summed E-state index contributed by atoms with van der Waals surface area (Å²) in [4.78, 5) is 31.2. The lowest BCUT2D eigenvalue weighted by Gasteiger charge is -2.14.